The van der Waals surface area contributed by atoms with Crippen LogP contribution in [-0.4, -0.2) is 39.4 Å². The molecule has 3 rings (SSSR count). The highest BCUT2D eigenvalue weighted by Gasteiger charge is 2.40. The number of nitrogens with zero attached hydrogens (tertiary/aromatic N) is 3. The monoisotopic (exact) mass is 442 g/mol. The fourth-order valence-corrected chi connectivity index (χ4v) is 5.27. The first-order valence-electron chi connectivity index (χ1n) is 11.2. The summed E-state index contributed by atoms with van der Waals surface area (Å²) in [4.78, 5) is 28.4. The number of anilines is 1. The van der Waals surface area contributed by atoms with Crippen molar-refractivity contribution >= 4 is 28.3 Å². The molecule has 2 aromatic rings. The maximum absolute atomic E-state index is 13.4. The van der Waals surface area contributed by atoms with Crippen LogP contribution in [0.2, 0.25) is 0 Å². The van der Waals surface area contributed by atoms with Crippen molar-refractivity contribution < 1.29 is 9.59 Å². The molecule has 0 radical (unpaired) electrons. The number of benzene rings is 1. The standard InChI is InChI=1S/C24H34N4O2S/c1-16(17-12-8-6-9-13-17)23(30)28(5)20(24(2,3)4)21(29)25-22-19(26-27-31-22)18-14-10-7-11-15-18/h7,10-11,14-17,20H,6,8-9,12-13H2,1-5H3,(H,25,29)/t16-,20+/m0/s1. The highest BCUT2D eigenvalue weighted by Crippen LogP contribution is 2.34. The zero-order valence-corrected chi connectivity index (χ0v) is 20.0. The Morgan fingerprint density at radius 2 is 1.77 bits per heavy atom. The van der Waals surface area contributed by atoms with Crippen LogP contribution < -0.4 is 5.32 Å². The first kappa shape index (κ1) is 23.4. The number of rotatable bonds is 6. The zero-order valence-electron chi connectivity index (χ0n) is 19.2. The molecule has 1 aromatic heterocycles. The van der Waals surface area contributed by atoms with Gasteiger partial charge in [0, 0.05) is 30.1 Å². The molecule has 2 atom stereocenters. The molecule has 1 saturated carbocycles. The maximum Gasteiger partial charge on any atom is 0.248 e. The van der Waals surface area contributed by atoms with Gasteiger partial charge in [0.05, 0.1) is 0 Å². The molecule has 1 N–H and O–H groups in total. The minimum absolute atomic E-state index is 0.0488. The number of carbonyl (C=O) groups is 2. The van der Waals surface area contributed by atoms with E-state index in [2.05, 4.69) is 14.9 Å². The minimum Gasteiger partial charge on any atom is -0.333 e. The Morgan fingerprint density at radius 3 is 2.39 bits per heavy atom. The van der Waals surface area contributed by atoms with Gasteiger partial charge in [0.25, 0.3) is 0 Å². The highest BCUT2D eigenvalue weighted by atomic mass is 32.1. The zero-order chi connectivity index (χ0) is 22.6. The van der Waals surface area contributed by atoms with Crippen LogP contribution in [0.1, 0.15) is 59.8 Å². The fourth-order valence-electron chi connectivity index (χ4n) is 4.67. The molecule has 1 aromatic carbocycles. The van der Waals surface area contributed by atoms with Gasteiger partial charge in [-0.05, 0) is 24.2 Å². The molecule has 6 nitrogen and oxygen atoms in total. The van der Waals surface area contributed by atoms with Gasteiger partial charge >= 0.3 is 0 Å². The van der Waals surface area contributed by atoms with Crippen molar-refractivity contribution in [3.8, 4) is 11.3 Å². The van der Waals surface area contributed by atoms with Crippen LogP contribution in [0.15, 0.2) is 30.3 Å². The number of carbonyl (C=O) groups excluding carboxylic acids is 2. The minimum atomic E-state index is -0.600. The van der Waals surface area contributed by atoms with E-state index in [1.807, 2.05) is 58.0 Å². The summed E-state index contributed by atoms with van der Waals surface area (Å²) in [5, 5.41) is 7.82. The van der Waals surface area contributed by atoms with Crippen LogP contribution in [0.5, 0.6) is 0 Å². The topological polar surface area (TPSA) is 75.2 Å². The van der Waals surface area contributed by atoms with E-state index in [9.17, 15) is 9.59 Å². The number of aromatic nitrogens is 2. The molecule has 0 spiro atoms. The number of amides is 2. The van der Waals surface area contributed by atoms with Crippen LogP contribution in [0.3, 0.4) is 0 Å². The van der Waals surface area contributed by atoms with Crippen molar-refractivity contribution in [1.29, 1.82) is 0 Å². The molecule has 31 heavy (non-hydrogen) atoms. The van der Waals surface area contributed by atoms with Gasteiger partial charge in [-0.3, -0.25) is 9.59 Å². The molecule has 0 unspecified atom stereocenters. The van der Waals surface area contributed by atoms with E-state index in [-0.39, 0.29) is 17.7 Å². The van der Waals surface area contributed by atoms with Crippen molar-refractivity contribution in [2.24, 2.45) is 17.3 Å². The van der Waals surface area contributed by atoms with E-state index >= 15 is 0 Å². The summed E-state index contributed by atoms with van der Waals surface area (Å²) in [5.74, 6) is 0.172. The molecule has 1 heterocycles. The second-order valence-electron chi connectivity index (χ2n) is 9.71. The summed E-state index contributed by atoms with van der Waals surface area (Å²) in [6, 6.07) is 9.07. The fraction of sp³-hybridized carbons (Fsp3) is 0.583. The largest absolute Gasteiger partial charge is 0.333 e. The van der Waals surface area contributed by atoms with Gasteiger partial charge in [-0.1, -0.05) is 81.8 Å². The Kier molecular flexibility index (Phi) is 7.46. The second-order valence-corrected chi connectivity index (χ2v) is 10.5. The highest BCUT2D eigenvalue weighted by molar-refractivity contribution is 7.10. The summed E-state index contributed by atoms with van der Waals surface area (Å²) < 4.78 is 4.04. The lowest BCUT2D eigenvalue weighted by atomic mass is 9.79. The van der Waals surface area contributed by atoms with Crippen molar-refractivity contribution in [3.63, 3.8) is 0 Å². The molecular formula is C24H34N4O2S. The lowest BCUT2D eigenvalue weighted by Crippen LogP contribution is -2.54. The van der Waals surface area contributed by atoms with Gasteiger partial charge in [0.15, 0.2) is 0 Å². The van der Waals surface area contributed by atoms with Gasteiger partial charge in [-0.15, -0.1) is 5.10 Å². The molecule has 1 aliphatic carbocycles. The van der Waals surface area contributed by atoms with Gasteiger partial charge in [-0.25, -0.2) is 0 Å². The molecule has 168 valence electrons. The third kappa shape index (κ3) is 5.50. The smallest absolute Gasteiger partial charge is 0.248 e. The predicted molar refractivity (Wildman–Crippen MR) is 126 cm³/mol. The van der Waals surface area contributed by atoms with Crippen molar-refractivity contribution in [3.05, 3.63) is 30.3 Å². The summed E-state index contributed by atoms with van der Waals surface area (Å²) in [5.41, 5.74) is 1.12. The van der Waals surface area contributed by atoms with Gasteiger partial charge in [0.2, 0.25) is 11.8 Å². The Balaban J connectivity index is 1.79. The molecule has 2 amide bonds. The van der Waals surface area contributed by atoms with Gasteiger partial charge < -0.3 is 10.2 Å². The predicted octanol–water partition coefficient (Wildman–Crippen LogP) is 5.23. The average molecular weight is 443 g/mol. The van der Waals surface area contributed by atoms with E-state index < -0.39 is 11.5 Å². The molecular weight excluding hydrogens is 408 g/mol. The first-order chi connectivity index (χ1) is 14.7. The van der Waals surface area contributed by atoms with Gasteiger partial charge in [-0.2, -0.15) is 0 Å². The molecule has 1 aliphatic rings. The lowest BCUT2D eigenvalue weighted by molar-refractivity contribution is -0.145. The number of hydrogen-bond donors (Lipinski definition) is 1. The Bertz CT molecular complexity index is 884. The third-order valence-corrected chi connectivity index (χ3v) is 6.96. The van der Waals surface area contributed by atoms with E-state index in [0.29, 0.717) is 16.6 Å². The van der Waals surface area contributed by atoms with Crippen LogP contribution in [0.4, 0.5) is 5.00 Å². The number of nitrogens with one attached hydrogen (secondary N) is 1. The summed E-state index contributed by atoms with van der Waals surface area (Å²) in [6.45, 7) is 8.01. The van der Waals surface area contributed by atoms with Crippen LogP contribution in [0, 0.1) is 17.3 Å². The Hall–Kier alpha value is -2.28. The quantitative estimate of drug-likeness (QED) is 0.664. The summed E-state index contributed by atoms with van der Waals surface area (Å²) in [6.07, 6.45) is 5.83. The van der Waals surface area contributed by atoms with E-state index in [1.54, 1.807) is 11.9 Å². The van der Waals surface area contributed by atoms with Crippen LogP contribution >= 0.6 is 11.5 Å². The van der Waals surface area contributed by atoms with Crippen LogP contribution in [-0.2, 0) is 9.59 Å². The van der Waals surface area contributed by atoms with Gasteiger partial charge in [0.1, 0.15) is 16.7 Å². The molecule has 1 fully saturated rings. The normalized spacial score (nSPS) is 17.1. The molecule has 0 aliphatic heterocycles. The average Bonchev–Trinajstić information content (AvgIpc) is 3.21. The SMILES string of the molecule is C[C@H](C(=O)N(C)[C@H](C(=O)Nc1snnc1-c1ccccc1)C(C)(C)C)C1CCCCC1. The molecule has 0 bridgehead atoms. The Labute approximate surface area is 189 Å². The number of likely N-dealkylation sites (N-methyl/N-ethyl adjacent to an activating group) is 1. The van der Waals surface area contributed by atoms with E-state index in [1.165, 1.54) is 19.3 Å². The number of hydrogen-bond acceptors (Lipinski definition) is 5. The van der Waals surface area contributed by atoms with Crippen molar-refractivity contribution in [2.45, 2.75) is 65.8 Å². The molecule has 7 heteroatoms. The van der Waals surface area contributed by atoms with Crippen LogP contribution in [0.25, 0.3) is 11.3 Å². The first-order valence-corrected chi connectivity index (χ1v) is 11.9. The van der Waals surface area contributed by atoms with Crippen molar-refractivity contribution in [2.75, 3.05) is 12.4 Å². The maximum atomic E-state index is 13.4. The van der Waals surface area contributed by atoms with E-state index in [0.717, 1.165) is 29.9 Å². The summed E-state index contributed by atoms with van der Waals surface area (Å²) >= 11 is 1.15. The van der Waals surface area contributed by atoms with Crippen molar-refractivity contribution in [1.82, 2.24) is 14.5 Å². The third-order valence-electron chi connectivity index (χ3n) is 6.32. The van der Waals surface area contributed by atoms with E-state index in [4.69, 9.17) is 0 Å². The second kappa shape index (κ2) is 9.90. The Morgan fingerprint density at radius 1 is 1.13 bits per heavy atom. The lowest BCUT2D eigenvalue weighted by Gasteiger charge is -2.39. The summed E-state index contributed by atoms with van der Waals surface area (Å²) in [7, 11) is 1.76. The molecule has 0 saturated heterocycles.